The van der Waals surface area contributed by atoms with Crippen LogP contribution in [0.5, 0.6) is 0 Å². The van der Waals surface area contributed by atoms with E-state index < -0.39 is 8.32 Å². The quantitative estimate of drug-likeness (QED) is 0.391. The Morgan fingerprint density at radius 3 is 2.52 bits per heavy atom. The third-order valence-electron chi connectivity index (χ3n) is 3.32. The van der Waals surface area contributed by atoms with Crippen LogP contribution in [-0.4, -0.2) is 14.1 Å². The van der Waals surface area contributed by atoms with Crippen LogP contribution >= 0.6 is 0 Å². The summed E-state index contributed by atoms with van der Waals surface area (Å²) in [6.45, 7) is 10.4. The molecule has 0 aromatic heterocycles. The third-order valence-corrected chi connectivity index (χ3v) is 4.19. The summed E-state index contributed by atoms with van der Waals surface area (Å²) in [4.78, 5) is 12.2. The van der Waals surface area contributed by atoms with Crippen molar-refractivity contribution in [2.24, 2.45) is 11.8 Å². The van der Waals surface area contributed by atoms with Gasteiger partial charge in [0.05, 0.1) is 5.76 Å². The van der Waals surface area contributed by atoms with Crippen molar-refractivity contribution in [3.63, 3.8) is 0 Å². The lowest BCUT2D eigenvalue weighted by Gasteiger charge is -2.30. The molecule has 1 aliphatic rings. The van der Waals surface area contributed by atoms with Gasteiger partial charge in [-0.3, -0.25) is 4.79 Å². The highest BCUT2D eigenvalue weighted by atomic mass is 28.4. The van der Waals surface area contributed by atoms with Crippen molar-refractivity contribution in [1.82, 2.24) is 0 Å². The molecule has 0 amide bonds. The van der Waals surface area contributed by atoms with Crippen molar-refractivity contribution < 1.29 is 9.22 Å². The summed E-state index contributed by atoms with van der Waals surface area (Å²) in [5.41, 5.74) is 0. The fourth-order valence-corrected chi connectivity index (χ4v) is 3.45. The first-order chi connectivity index (χ1) is 9.87. The van der Waals surface area contributed by atoms with Crippen LogP contribution in [-0.2, 0) is 9.22 Å². The summed E-state index contributed by atoms with van der Waals surface area (Å²) < 4.78 is 6.12. The van der Waals surface area contributed by atoms with E-state index in [0.29, 0.717) is 0 Å². The molecule has 0 bridgehead atoms. The van der Waals surface area contributed by atoms with E-state index in [0.717, 1.165) is 18.6 Å². The first kappa shape index (κ1) is 17.7. The highest BCUT2D eigenvalue weighted by Gasteiger charge is 2.29. The zero-order valence-electron chi connectivity index (χ0n) is 13.9. The Kier molecular flexibility index (Phi) is 6.89. The smallest absolute Gasteiger partial charge is 0.241 e. The van der Waals surface area contributed by atoms with E-state index in [1.165, 1.54) is 0 Å². The van der Waals surface area contributed by atoms with Crippen LogP contribution in [0.15, 0.2) is 48.3 Å². The summed E-state index contributed by atoms with van der Waals surface area (Å²) in [6, 6.07) is 0. The maximum Gasteiger partial charge on any atom is 0.241 e. The van der Waals surface area contributed by atoms with Crippen LogP contribution in [0.2, 0.25) is 19.6 Å². The second-order valence-electron chi connectivity index (χ2n) is 6.38. The van der Waals surface area contributed by atoms with Crippen LogP contribution < -0.4 is 0 Å². The SMILES string of the molecule is C/C=C/C=C/C1C=C(O[Si](C)(C)C)CCC1C(=O)/C=C/C. The predicted molar refractivity (Wildman–Crippen MR) is 92.5 cm³/mol. The molecular weight excluding hydrogens is 276 g/mol. The summed E-state index contributed by atoms with van der Waals surface area (Å²) in [5, 5.41) is 0. The molecule has 0 saturated carbocycles. The van der Waals surface area contributed by atoms with Gasteiger partial charge in [0.2, 0.25) is 8.32 Å². The van der Waals surface area contributed by atoms with Gasteiger partial charge in [0.1, 0.15) is 0 Å². The Hall–Kier alpha value is -1.35. The van der Waals surface area contributed by atoms with Crippen molar-refractivity contribution in [2.75, 3.05) is 0 Å². The molecular formula is C18H28O2Si. The maximum absolute atomic E-state index is 12.2. The Morgan fingerprint density at radius 1 is 1.24 bits per heavy atom. The number of hydrogen-bond acceptors (Lipinski definition) is 2. The minimum Gasteiger partial charge on any atom is -0.548 e. The Labute approximate surface area is 130 Å². The van der Waals surface area contributed by atoms with Gasteiger partial charge in [0.25, 0.3) is 0 Å². The molecule has 2 nitrogen and oxygen atoms in total. The zero-order valence-corrected chi connectivity index (χ0v) is 14.9. The first-order valence-corrected chi connectivity index (χ1v) is 11.1. The fourth-order valence-electron chi connectivity index (χ4n) is 2.50. The largest absolute Gasteiger partial charge is 0.548 e. The lowest BCUT2D eigenvalue weighted by Crippen LogP contribution is -2.29. The average molecular weight is 305 g/mol. The van der Waals surface area contributed by atoms with Crippen LogP contribution in [0, 0.1) is 11.8 Å². The standard InChI is InChI=1S/C18H28O2Si/c1-6-8-9-11-15-14-16(20-21(3,4)5)12-13-17(15)18(19)10-7-2/h6-11,14-15,17H,12-13H2,1-5H3/b8-6+,10-7+,11-9+. The number of ketones is 1. The third kappa shape index (κ3) is 6.30. The van der Waals surface area contributed by atoms with E-state index in [2.05, 4.69) is 31.8 Å². The number of hydrogen-bond donors (Lipinski definition) is 0. The molecule has 0 spiro atoms. The second-order valence-corrected chi connectivity index (χ2v) is 10.8. The van der Waals surface area contributed by atoms with Gasteiger partial charge in [-0.05, 0) is 52.1 Å². The zero-order chi connectivity index (χ0) is 15.9. The molecule has 0 fully saturated rings. The molecule has 1 rings (SSSR count). The van der Waals surface area contributed by atoms with Crippen LogP contribution in [0.3, 0.4) is 0 Å². The topological polar surface area (TPSA) is 26.3 Å². The Morgan fingerprint density at radius 2 is 1.95 bits per heavy atom. The van der Waals surface area contributed by atoms with E-state index in [1.807, 2.05) is 38.2 Å². The van der Waals surface area contributed by atoms with Gasteiger partial charge < -0.3 is 4.43 Å². The molecule has 0 aliphatic heterocycles. The minimum absolute atomic E-state index is 0.0386. The van der Waals surface area contributed by atoms with Gasteiger partial charge in [0.15, 0.2) is 5.78 Å². The molecule has 1 aliphatic carbocycles. The number of carbonyl (C=O) groups is 1. The highest BCUT2D eigenvalue weighted by Crippen LogP contribution is 2.32. The van der Waals surface area contributed by atoms with Gasteiger partial charge in [-0.1, -0.05) is 30.4 Å². The minimum atomic E-state index is -1.58. The van der Waals surface area contributed by atoms with Crippen molar-refractivity contribution in [1.29, 1.82) is 0 Å². The van der Waals surface area contributed by atoms with E-state index in [-0.39, 0.29) is 17.6 Å². The summed E-state index contributed by atoms with van der Waals surface area (Å²) >= 11 is 0. The first-order valence-electron chi connectivity index (χ1n) is 7.73. The monoisotopic (exact) mass is 304 g/mol. The normalized spacial score (nSPS) is 24.0. The van der Waals surface area contributed by atoms with Gasteiger partial charge in [-0.15, -0.1) is 0 Å². The van der Waals surface area contributed by atoms with E-state index in [1.54, 1.807) is 6.08 Å². The summed E-state index contributed by atoms with van der Waals surface area (Å²) in [5.74, 6) is 1.45. The van der Waals surface area contributed by atoms with Crippen LogP contribution in [0.25, 0.3) is 0 Å². The van der Waals surface area contributed by atoms with Gasteiger partial charge in [-0.25, -0.2) is 0 Å². The van der Waals surface area contributed by atoms with Gasteiger partial charge in [-0.2, -0.15) is 0 Å². The summed E-state index contributed by atoms with van der Waals surface area (Å²) in [6.07, 6.45) is 15.5. The molecule has 2 unspecified atom stereocenters. The lowest BCUT2D eigenvalue weighted by atomic mass is 9.80. The lowest BCUT2D eigenvalue weighted by molar-refractivity contribution is -0.119. The average Bonchev–Trinajstić information content (AvgIpc) is 2.37. The van der Waals surface area contributed by atoms with Crippen LogP contribution in [0.1, 0.15) is 26.7 Å². The van der Waals surface area contributed by atoms with E-state index >= 15 is 0 Å². The fraction of sp³-hybridized carbons (Fsp3) is 0.500. The summed E-state index contributed by atoms with van der Waals surface area (Å²) in [7, 11) is -1.58. The second kappa shape index (κ2) is 8.18. The molecule has 0 saturated heterocycles. The molecule has 0 radical (unpaired) electrons. The molecule has 0 N–H and O–H groups in total. The maximum atomic E-state index is 12.2. The predicted octanol–water partition coefficient (Wildman–Crippen LogP) is 5.03. The van der Waals surface area contributed by atoms with Crippen molar-refractivity contribution in [3.05, 3.63) is 48.3 Å². The van der Waals surface area contributed by atoms with Crippen molar-refractivity contribution in [3.8, 4) is 0 Å². The van der Waals surface area contributed by atoms with Crippen molar-refractivity contribution >= 4 is 14.1 Å². The number of allylic oxidation sites excluding steroid dienone is 8. The van der Waals surface area contributed by atoms with Crippen LogP contribution in [0.4, 0.5) is 0 Å². The number of carbonyl (C=O) groups excluding carboxylic acids is 1. The van der Waals surface area contributed by atoms with Gasteiger partial charge >= 0.3 is 0 Å². The molecule has 0 aromatic carbocycles. The molecule has 2 atom stereocenters. The van der Waals surface area contributed by atoms with E-state index in [9.17, 15) is 4.79 Å². The molecule has 0 aromatic rings. The Balaban J connectivity index is 2.95. The molecule has 21 heavy (non-hydrogen) atoms. The van der Waals surface area contributed by atoms with E-state index in [4.69, 9.17) is 4.43 Å². The molecule has 0 heterocycles. The molecule has 116 valence electrons. The van der Waals surface area contributed by atoms with Crippen molar-refractivity contribution in [2.45, 2.75) is 46.3 Å². The van der Waals surface area contributed by atoms with Gasteiger partial charge in [0, 0.05) is 18.3 Å². The number of rotatable bonds is 6. The molecule has 3 heteroatoms. The highest BCUT2D eigenvalue weighted by molar-refractivity contribution is 6.70. The Bertz CT molecular complexity index is 464.